The molecule has 2 rings (SSSR count). The summed E-state index contributed by atoms with van der Waals surface area (Å²) >= 11 is 2.34. The first kappa shape index (κ1) is 19.1. The van der Waals surface area contributed by atoms with Crippen molar-refractivity contribution in [3.63, 3.8) is 0 Å². The number of hydrogen-bond donors (Lipinski definition) is 3. The Labute approximate surface area is 152 Å². The summed E-state index contributed by atoms with van der Waals surface area (Å²) in [5.41, 5.74) is 0.301. The van der Waals surface area contributed by atoms with E-state index in [0.29, 0.717) is 15.2 Å². The molecule has 1 aromatic heterocycles. The van der Waals surface area contributed by atoms with Gasteiger partial charge in [-0.3, -0.25) is 10.1 Å². The maximum absolute atomic E-state index is 13.6. The first-order valence-corrected chi connectivity index (χ1v) is 9.36. The molecule has 0 saturated heterocycles. The number of carbonyl (C=O) groups excluding carboxylic acids is 2. The molecule has 10 heteroatoms. The number of nitrogens with zero attached hydrogens (tertiary/aromatic N) is 2. The van der Waals surface area contributed by atoms with E-state index in [4.69, 9.17) is 0 Å². The summed E-state index contributed by atoms with van der Waals surface area (Å²) in [5.74, 6) is -0.786. The van der Waals surface area contributed by atoms with E-state index in [9.17, 15) is 14.0 Å². The van der Waals surface area contributed by atoms with Crippen molar-refractivity contribution in [2.24, 2.45) is 0 Å². The van der Waals surface area contributed by atoms with Gasteiger partial charge >= 0.3 is 6.03 Å². The highest BCUT2D eigenvalue weighted by molar-refractivity contribution is 8.01. The summed E-state index contributed by atoms with van der Waals surface area (Å²) in [4.78, 5) is 23.3. The smallest absolute Gasteiger partial charge is 0.321 e. The van der Waals surface area contributed by atoms with E-state index in [1.54, 1.807) is 18.2 Å². The monoisotopic (exact) mass is 383 g/mol. The normalized spacial score (nSPS) is 11.6. The Bertz CT molecular complexity index is 740. The number of nitrogens with one attached hydrogen (secondary N) is 3. The van der Waals surface area contributed by atoms with Crippen molar-refractivity contribution in [3.8, 4) is 0 Å². The largest absolute Gasteiger partial charge is 0.335 e. The van der Waals surface area contributed by atoms with Crippen molar-refractivity contribution in [1.29, 1.82) is 0 Å². The zero-order valence-electron chi connectivity index (χ0n) is 13.7. The number of rotatable bonds is 7. The summed E-state index contributed by atoms with van der Waals surface area (Å²) in [7, 11) is 0. The molecular weight excluding hydrogens is 365 g/mol. The summed E-state index contributed by atoms with van der Waals surface area (Å²) in [6.07, 6.45) is 0.777. The molecule has 7 nitrogen and oxygen atoms in total. The Morgan fingerprint density at radius 1 is 1.32 bits per heavy atom. The zero-order valence-corrected chi connectivity index (χ0v) is 15.3. The maximum atomic E-state index is 13.6. The molecular formula is C15H18FN5O2S2. The van der Waals surface area contributed by atoms with Crippen LogP contribution in [0, 0.1) is 5.82 Å². The molecule has 0 spiro atoms. The number of benzene rings is 1. The fraction of sp³-hybridized carbons (Fsp3) is 0.333. The van der Waals surface area contributed by atoms with Gasteiger partial charge in [0.15, 0.2) is 4.34 Å². The molecule has 0 bridgehead atoms. The summed E-state index contributed by atoms with van der Waals surface area (Å²) in [6.45, 7) is 3.79. The van der Waals surface area contributed by atoms with Gasteiger partial charge in [-0.15, -0.1) is 10.2 Å². The van der Waals surface area contributed by atoms with Crippen LogP contribution in [-0.2, 0) is 4.79 Å². The molecule has 0 aliphatic carbocycles. The second kappa shape index (κ2) is 9.33. The number of amides is 3. The van der Waals surface area contributed by atoms with Crippen LogP contribution < -0.4 is 16.0 Å². The maximum Gasteiger partial charge on any atom is 0.321 e. The minimum absolute atomic E-state index is 0.00405. The summed E-state index contributed by atoms with van der Waals surface area (Å²) < 4.78 is 14.1. The Kier molecular flexibility index (Phi) is 7.14. The first-order chi connectivity index (χ1) is 12.0. The highest BCUT2D eigenvalue weighted by Crippen LogP contribution is 2.28. The van der Waals surface area contributed by atoms with Crippen LogP contribution in [0.3, 0.4) is 0 Å². The molecule has 1 unspecified atom stereocenters. The lowest BCUT2D eigenvalue weighted by Crippen LogP contribution is -2.43. The van der Waals surface area contributed by atoms with Gasteiger partial charge in [-0.25, -0.2) is 9.18 Å². The van der Waals surface area contributed by atoms with Crippen LogP contribution >= 0.6 is 23.1 Å². The van der Waals surface area contributed by atoms with Gasteiger partial charge in [0.05, 0.1) is 11.4 Å². The molecule has 2 aromatic rings. The van der Waals surface area contributed by atoms with Gasteiger partial charge in [0.25, 0.3) is 0 Å². The molecule has 1 aromatic carbocycles. The van der Waals surface area contributed by atoms with E-state index >= 15 is 0 Å². The van der Waals surface area contributed by atoms with E-state index in [1.165, 1.54) is 17.4 Å². The fourth-order valence-electron chi connectivity index (χ4n) is 1.65. The second-order valence-corrected chi connectivity index (χ2v) is 7.30. The Morgan fingerprint density at radius 3 is 2.80 bits per heavy atom. The molecule has 1 atom stereocenters. The lowest BCUT2D eigenvalue weighted by atomic mass is 10.3. The quantitative estimate of drug-likeness (QED) is 0.636. The highest BCUT2D eigenvalue weighted by Gasteiger charge is 2.12. The van der Waals surface area contributed by atoms with Crippen LogP contribution in [-0.4, -0.2) is 33.9 Å². The van der Waals surface area contributed by atoms with Crippen LogP contribution in [0.1, 0.15) is 20.3 Å². The zero-order chi connectivity index (χ0) is 18.2. The number of carbonyl (C=O) groups is 2. The van der Waals surface area contributed by atoms with E-state index in [0.717, 1.165) is 18.2 Å². The molecule has 0 aliphatic rings. The second-order valence-electron chi connectivity index (χ2n) is 5.10. The third-order valence-corrected chi connectivity index (χ3v) is 5.06. The number of anilines is 2. The van der Waals surface area contributed by atoms with Gasteiger partial charge in [-0.1, -0.05) is 42.2 Å². The Hall–Kier alpha value is -2.20. The molecule has 0 fully saturated rings. The fourth-order valence-corrected chi connectivity index (χ4v) is 3.21. The van der Waals surface area contributed by atoms with Gasteiger partial charge < -0.3 is 10.6 Å². The van der Waals surface area contributed by atoms with Crippen LogP contribution in [0.15, 0.2) is 28.6 Å². The van der Waals surface area contributed by atoms with E-state index in [2.05, 4.69) is 26.1 Å². The molecule has 3 amide bonds. The van der Waals surface area contributed by atoms with Crippen molar-refractivity contribution in [1.82, 2.24) is 20.8 Å². The third kappa shape index (κ3) is 6.31. The van der Waals surface area contributed by atoms with Crippen molar-refractivity contribution in [2.75, 3.05) is 11.1 Å². The molecule has 3 N–H and O–H groups in total. The number of aromatic nitrogens is 2. The first-order valence-electron chi connectivity index (χ1n) is 7.56. The predicted molar refractivity (Wildman–Crippen MR) is 96.7 cm³/mol. The minimum Gasteiger partial charge on any atom is -0.335 e. The number of halogens is 1. The highest BCUT2D eigenvalue weighted by atomic mass is 32.2. The standard InChI is InChI=1S/C15H18FN5O2S2/c1-3-9(2)17-13(23)19-12(22)8-24-15-21-20-14(25-15)18-11-7-5-4-6-10(11)16/h4-7,9H,3,8H2,1-2H3,(H,18,20)(H2,17,19,22,23). The number of thioether (sulfide) groups is 1. The number of imide groups is 1. The van der Waals surface area contributed by atoms with Crippen LogP contribution in [0.5, 0.6) is 0 Å². The van der Waals surface area contributed by atoms with Crippen molar-refractivity contribution in [3.05, 3.63) is 30.1 Å². The van der Waals surface area contributed by atoms with Crippen LogP contribution in [0.25, 0.3) is 0 Å². The van der Waals surface area contributed by atoms with Gasteiger partial charge in [-0.05, 0) is 25.5 Å². The third-order valence-electron chi connectivity index (χ3n) is 3.09. The number of hydrogen-bond acceptors (Lipinski definition) is 7. The minimum atomic E-state index is -0.515. The molecule has 0 saturated carbocycles. The molecule has 134 valence electrons. The molecule has 0 radical (unpaired) electrons. The average Bonchev–Trinajstić information content (AvgIpc) is 3.02. The van der Waals surface area contributed by atoms with E-state index in [-0.39, 0.29) is 11.8 Å². The summed E-state index contributed by atoms with van der Waals surface area (Å²) in [6, 6.07) is 5.71. The van der Waals surface area contributed by atoms with E-state index in [1.807, 2.05) is 13.8 Å². The van der Waals surface area contributed by atoms with Gasteiger partial charge in [0.2, 0.25) is 11.0 Å². The molecule has 1 heterocycles. The Morgan fingerprint density at radius 2 is 2.08 bits per heavy atom. The van der Waals surface area contributed by atoms with E-state index < -0.39 is 17.8 Å². The van der Waals surface area contributed by atoms with Gasteiger partial charge in [0, 0.05) is 6.04 Å². The predicted octanol–water partition coefficient (Wildman–Crippen LogP) is 3.14. The molecule has 0 aliphatic heterocycles. The Balaban J connectivity index is 1.80. The van der Waals surface area contributed by atoms with Crippen LogP contribution in [0.4, 0.5) is 20.0 Å². The topological polar surface area (TPSA) is 96.0 Å². The SMILES string of the molecule is CCC(C)NC(=O)NC(=O)CSc1nnc(Nc2ccccc2F)s1. The van der Waals surface area contributed by atoms with Crippen molar-refractivity contribution >= 4 is 45.9 Å². The average molecular weight is 383 g/mol. The van der Waals surface area contributed by atoms with Crippen LogP contribution in [0.2, 0.25) is 0 Å². The lowest BCUT2D eigenvalue weighted by Gasteiger charge is -2.11. The van der Waals surface area contributed by atoms with Crippen molar-refractivity contribution in [2.45, 2.75) is 30.6 Å². The molecule has 25 heavy (non-hydrogen) atoms. The lowest BCUT2D eigenvalue weighted by molar-refractivity contribution is -0.117. The number of para-hydroxylation sites is 1. The van der Waals surface area contributed by atoms with Crippen molar-refractivity contribution < 1.29 is 14.0 Å². The van der Waals surface area contributed by atoms with Gasteiger partial charge in [-0.2, -0.15) is 0 Å². The van der Waals surface area contributed by atoms with Gasteiger partial charge in [0.1, 0.15) is 5.82 Å². The summed E-state index contributed by atoms with van der Waals surface area (Å²) in [5, 5.41) is 16.0. The number of urea groups is 1.